The largest absolute Gasteiger partial charge is 0.505 e. The molecule has 0 radical (unpaired) electrons. The van der Waals surface area contributed by atoms with E-state index in [1.807, 2.05) is 0 Å². The minimum atomic E-state index is -0.732. The van der Waals surface area contributed by atoms with E-state index < -0.39 is 5.82 Å². The first kappa shape index (κ1) is 9.32. The van der Waals surface area contributed by atoms with E-state index in [2.05, 4.69) is 15.9 Å². The Labute approximate surface area is 78.1 Å². The van der Waals surface area contributed by atoms with Crippen LogP contribution in [-0.4, -0.2) is 12.2 Å². The van der Waals surface area contributed by atoms with Crippen molar-refractivity contribution in [2.75, 3.05) is 7.11 Å². The molecule has 0 saturated carbocycles. The zero-order chi connectivity index (χ0) is 9.30. The summed E-state index contributed by atoms with van der Waals surface area (Å²) in [6, 6.07) is 1.59. The molecule has 0 aliphatic carbocycles. The van der Waals surface area contributed by atoms with E-state index in [0.717, 1.165) is 0 Å². The molecule has 0 unspecified atom stereocenters. The number of methoxy groups -OCH3 is 1. The molecular weight excluding hydrogens is 227 g/mol. The van der Waals surface area contributed by atoms with Gasteiger partial charge in [-0.1, -0.05) is 0 Å². The third-order valence-electron chi connectivity index (χ3n) is 1.55. The third-order valence-corrected chi connectivity index (χ3v) is 2.13. The fraction of sp³-hybridized carbons (Fsp3) is 0.250. The van der Waals surface area contributed by atoms with Gasteiger partial charge in [-0.2, -0.15) is 4.39 Å². The lowest BCUT2D eigenvalue weighted by atomic mass is 10.2. The Kier molecular flexibility index (Phi) is 2.57. The molecule has 2 nitrogen and oxygen atoms in total. The summed E-state index contributed by atoms with van der Waals surface area (Å²) >= 11 is 3.12. The summed E-state index contributed by atoms with van der Waals surface area (Å²) < 4.78 is 18.3. The first-order valence-corrected chi connectivity index (χ1v) is 4.08. The van der Waals surface area contributed by atoms with Crippen molar-refractivity contribution in [2.24, 2.45) is 0 Å². The quantitative estimate of drug-likeness (QED) is 0.810. The summed E-state index contributed by atoms with van der Waals surface area (Å²) in [5.41, 5.74) is 0.472. The van der Waals surface area contributed by atoms with Crippen molar-refractivity contribution in [2.45, 2.75) is 6.92 Å². The molecule has 0 amide bonds. The van der Waals surface area contributed by atoms with Crippen molar-refractivity contribution in [3.63, 3.8) is 0 Å². The van der Waals surface area contributed by atoms with Crippen LogP contribution in [0.1, 0.15) is 5.56 Å². The predicted octanol–water partition coefficient (Wildman–Crippen LogP) is 2.61. The molecule has 1 aromatic carbocycles. The number of hydrogen-bond acceptors (Lipinski definition) is 2. The number of phenolic OH excluding ortho intramolecular Hbond substituents is 1. The summed E-state index contributed by atoms with van der Waals surface area (Å²) in [6.45, 7) is 1.61. The normalized spacial score (nSPS) is 10.0. The number of halogens is 2. The fourth-order valence-corrected chi connectivity index (χ4v) is 1.58. The number of aromatic hydroxyl groups is 1. The van der Waals surface area contributed by atoms with Crippen LogP contribution in [0.5, 0.6) is 11.5 Å². The van der Waals surface area contributed by atoms with Gasteiger partial charge in [-0.05, 0) is 34.5 Å². The Balaban J connectivity index is 3.40. The zero-order valence-electron chi connectivity index (χ0n) is 6.69. The SMILES string of the molecule is COc1c(Br)cc(C)c(O)c1F. The lowest BCUT2D eigenvalue weighted by molar-refractivity contribution is 0.360. The summed E-state index contributed by atoms with van der Waals surface area (Å²) in [7, 11) is 1.35. The second-order valence-corrected chi connectivity index (χ2v) is 3.23. The van der Waals surface area contributed by atoms with Gasteiger partial charge < -0.3 is 9.84 Å². The highest BCUT2D eigenvalue weighted by Gasteiger charge is 2.14. The van der Waals surface area contributed by atoms with Crippen LogP contribution in [0.25, 0.3) is 0 Å². The summed E-state index contributed by atoms with van der Waals surface area (Å²) in [4.78, 5) is 0. The number of benzene rings is 1. The van der Waals surface area contributed by atoms with E-state index in [1.165, 1.54) is 7.11 Å². The number of hydrogen-bond donors (Lipinski definition) is 1. The Morgan fingerprint density at radius 2 is 2.17 bits per heavy atom. The van der Waals surface area contributed by atoms with Gasteiger partial charge in [-0.15, -0.1) is 0 Å². The minimum Gasteiger partial charge on any atom is -0.505 e. The molecular formula is C8H8BrFO2. The molecule has 0 atom stereocenters. The van der Waals surface area contributed by atoms with Gasteiger partial charge in [0.15, 0.2) is 11.5 Å². The Bertz CT molecular complexity index is 312. The van der Waals surface area contributed by atoms with E-state index in [9.17, 15) is 4.39 Å². The highest BCUT2D eigenvalue weighted by atomic mass is 79.9. The van der Waals surface area contributed by atoms with E-state index in [0.29, 0.717) is 10.0 Å². The lowest BCUT2D eigenvalue weighted by Gasteiger charge is -2.07. The van der Waals surface area contributed by atoms with Crippen molar-refractivity contribution in [1.29, 1.82) is 0 Å². The first-order chi connectivity index (χ1) is 5.57. The van der Waals surface area contributed by atoms with E-state index in [-0.39, 0.29) is 11.5 Å². The average Bonchev–Trinajstić information content (AvgIpc) is 2.01. The van der Waals surface area contributed by atoms with Crippen LogP contribution < -0.4 is 4.74 Å². The van der Waals surface area contributed by atoms with E-state index >= 15 is 0 Å². The Hall–Kier alpha value is -0.770. The fourth-order valence-electron chi connectivity index (χ4n) is 0.897. The summed E-state index contributed by atoms with van der Waals surface area (Å²) in [5.74, 6) is -1.07. The van der Waals surface area contributed by atoms with Crippen molar-refractivity contribution in [3.05, 3.63) is 21.9 Å². The maximum absolute atomic E-state index is 13.1. The van der Waals surface area contributed by atoms with E-state index in [4.69, 9.17) is 9.84 Å². The molecule has 1 aromatic rings. The first-order valence-electron chi connectivity index (χ1n) is 3.29. The molecule has 0 saturated heterocycles. The molecule has 0 aromatic heterocycles. The topological polar surface area (TPSA) is 29.5 Å². The monoisotopic (exact) mass is 234 g/mol. The molecule has 66 valence electrons. The second kappa shape index (κ2) is 3.31. The van der Waals surface area contributed by atoms with Gasteiger partial charge in [0.05, 0.1) is 11.6 Å². The zero-order valence-corrected chi connectivity index (χ0v) is 8.27. The van der Waals surface area contributed by atoms with Gasteiger partial charge in [0.1, 0.15) is 0 Å². The maximum atomic E-state index is 13.1. The smallest absolute Gasteiger partial charge is 0.207 e. The lowest BCUT2D eigenvalue weighted by Crippen LogP contribution is -1.91. The van der Waals surface area contributed by atoms with Gasteiger partial charge in [-0.3, -0.25) is 0 Å². The van der Waals surface area contributed by atoms with Crippen LogP contribution in [0.4, 0.5) is 4.39 Å². The maximum Gasteiger partial charge on any atom is 0.207 e. The number of ether oxygens (including phenoxy) is 1. The van der Waals surface area contributed by atoms with Gasteiger partial charge >= 0.3 is 0 Å². The van der Waals surface area contributed by atoms with Gasteiger partial charge in [0, 0.05) is 0 Å². The highest BCUT2D eigenvalue weighted by Crippen LogP contribution is 2.35. The van der Waals surface area contributed by atoms with Crippen LogP contribution in [0.2, 0.25) is 0 Å². The molecule has 0 fully saturated rings. The minimum absolute atomic E-state index is 0.0260. The van der Waals surface area contributed by atoms with Crippen molar-refractivity contribution in [3.8, 4) is 11.5 Å². The highest BCUT2D eigenvalue weighted by molar-refractivity contribution is 9.10. The summed E-state index contributed by atoms with van der Waals surface area (Å²) in [5, 5.41) is 9.17. The van der Waals surface area contributed by atoms with E-state index in [1.54, 1.807) is 13.0 Å². The molecule has 0 spiro atoms. The Morgan fingerprint density at radius 1 is 1.58 bits per heavy atom. The predicted molar refractivity (Wildman–Crippen MR) is 47.1 cm³/mol. The van der Waals surface area contributed by atoms with Crippen LogP contribution in [-0.2, 0) is 0 Å². The molecule has 0 heterocycles. The van der Waals surface area contributed by atoms with Crippen LogP contribution in [0.3, 0.4) is 0 Å². The molecule has 0 bridgehead atoms. The molecule has 0 aliphatic heterocycles. The van der Waals surface area contributed by atoms with Crippen LogP contribution in [0.15, 0.2) is 10.5 Å². The van der Waals surface area contributed by atoms with Gasteiger partial charge in [0.25, 0.3) is 0 Å². The number of phenols is 1. The van der Waals surface area contributed by atoms with Crippen molar-refractivity contribution < 1.29 is 14.2 Å². The van der Waals surface area contributed by atoms with Gasteiger partial charge in [0.2, 0.25) is 5.82 Å². The summed E-state index contributed by atoms with van der Waals surface area (Å²) in [6.07, 6.45) is 0. The molecule has 1 rings (SSSR count). The third kappa shape index (κ3) is 1.39. The number of rotatable bonds is 1. The van der Waals surface area contributed by atoms with Crippen molar-refractivity contribution in [1.82, 2.24) is 0 Å². The molecule has 4 heteroatoms. The second-order valence-electron chi connectivity index (χ2n) is 2.37. The van der Waals surface area contributed by atoms with Crippen molar-refractivity contribution >= 4 is 15.9 Å². The Morgan fingerprint density at radius 3 is 2.67 bits per heavy atom. The molecule has 1 N–H and O–H groups in total. The molecule has 12 heavy (non-hydrogen) atoms. The number of aryl methyl sites for hydroxylation is 1. The van der Waals surface area contributed by atoms with Gasteiger partial charge in [-0.25, -0.2) is 0 Å². The molecule has 0 aliphatic rings. The van der Waals surface area contributed by atoms with Crippen LogP contribution >= 0.6 is 15.9 Å². The standard InChI is InChI=1S/C8H8BrFO2/c1-4-3-5(9)8(12-2)6(10)7(4)11/h3,11H,1-2H3. The average molecular weight is 235 g/mol. The van der Waals surface area contributed by atoms with Crippen LogP contribution in [0, 0.1) is 12.7 Å².